The van der Waals surface area contributed by atoms with Gasteiger partial charge in [0.1, 0.15) is 5.82 Å². The Balaban J connectivity index is 1.45. The standard InChI is InChI=1S/C23H23ClN4O2/c1-15-4-3-5-20(16(15)2)27-14-18(12-22(27)29)23(30)26-21-10-11-25-28(21)13-17-6-8-19(24)9-7-17/h3-11,18H,12-14H2,1-2H3,(H,26,30). The molecule has 1 saturated heterocycles. The Morgan fingerprint density at radius 3 is 2.70 bits per heavy atom. The highest BCUT2D eigenvalue weighted by Crippen LogP contribution is 2.30. The summed E-state index contributed by atoms with van der Waals surface area (Å²) >= 11 is 5.94. The number of hydrogen-bond donors (Lipinski definition) is 1. The average Bonchev–Trinajstić information content (AvgIpc) is 3.32. The van der Waals surface area contributed by atoms with Gasteiger partial charge in [0.05, 0.1) is 18.7 Å². The van der Waals surface area contributed by atoms with E-state index in [1.54, 1.807) is 21.8 Å². The van der Waals surface area contributed by atoms with Crippen molar-refractivity contribution in [2.24, 2.45) is 5.92 Å². The Morgan fingerprint density at radius 2 is 1.93 bits per heavy atom. The molecule has 1 aliphatic heterocycles. The Kier molecular flexibility index (Phi) is 5.59. The van der Waals surface area contributed by atoms with E-state index in [4.69, 9.17) is 11.6 Å². The fourth-order valence-electron chi connectivity index (χ4n) is 3.70. The monoisotopic (exact) mass is 422 g/mol. The van der Waals surface area contributed by atoms with Crippen molar-refractivity contribution in [1.82, 2.24) is 9.78 Å². The molecule has 1 aliphatic rings. The molecular formula is C23H23ClN4O2. The lowest BCUT2D eigenvalue weighted by Gasteiger charge is -2.20. The number of aryl methyl sites for hydroxylation is 1. The maximum atomic E-state index is 12.9. The van der Waals surface area contributed by atoms with Gasteiger partial charge >= 0.3 is 0 Å². The largest absolute Gasteiger partial charge is 0.311 e. The molecule has 1 N–H and O–H groups in total. The third kappa shape index (κ3) is 4.09. The minimum absolute atomic E-state index is 0.0291. The molecule has 1 fully saturated rings. The van der Waals surface area contributed by atoms with Gasteiger partial charge in [-0.1, -0.05) is 35.9 Å². The number of anilines is 2. The van der Waals surface area contributed by atoms with E-state index in [0.29, 0.717) is 23.9 Å². The van der Waals surface area contributed by atoms with Crippen LogP contribution in [0, 0.1) is 19.8 Å². The number of halogens is 1. The average molecular weight is 423 g/mol. The van der Waals surface area contributed by atoms with E-state index in [-0.39, 0.29) is 18.2 Å². The number of rotatable bonds is 5. The van der Waals surface area contributed by atoms with E-state index in [1.807, 2.05) is 56.3 Å². The second-order valence-electron chi connectivity index (χ2n) is 7.61. The highest BCUT2D eigenvalue weighted by atomic mass is 35.5. The van der Waals surface area contributed by atoms with Crippen molar-refractivity contribution >= 4 is 34.9 Å². The van der Waals surface area contributed by atoms with Crippen LogP contribution in [0.5, 0.6) is 0 Å². The summed E-state index contributed by atoms with van der Waals surface area (Å²) in [4.78, 5) is 27.2. The maximum absolute atomic E-state index is 12.9. The molecule has 0 saturated carbocycles. The predicted octanol–water partition coefficient (Wildman–Crippen LogP) is 4.19. The molecule has 2 aromatic carbocycles. The molecule has 0 radical (unpaired) electrons. The van der Waals surface area contributed by atoms with Crippen molar-refractivity contribution in [3.8, 4) is 0 Å². The molecule has 3 aromatic rings. The van der Waals surface area contributed by atoms with Gasteiger partial charge in [-0.05, 0) is 48.7 Å². The fourth-order valence-corrected chi connectivity index (χ4v) is 3.83. The number of nitrogens with one attached hydrogen (secondary N) is 1. The van der Waals surface area contributed by atoms with Gasteiger partial charge in [-0.2, -0.15) is 5.10 Å². The Bertz CT molecular complexity index is 1090. The Hall–Kier alpha value is -3.12. The first-order valence-electron chi connectivity index (χ1n) is 9.86. The van der Waals surface area contributed by atoms with Crippen molar-refractivity contribution in [2.45, 2.75) is 26.8 Å². The van der Waals surface area contributed by atoms with Gasteiger partial charge in [0.25, 0.3) is 0 Å². The van der Waals surface area contributed by atoms with E-state index in [1.165, 1.54) is 0 Å². The van der Waals surface area contributed by atoms with Crippen LogP contribution in [-0.2, 0) is 16.1 Å². The molecule has 1 unspecified atom stereocenters. The molecule has 2 amide bonds. The summed E-state index contributed by atoms with van der Waals surface area (Å²) in [5, 5.41) is 7.92. The minimum Gasteiger partial charge on any atom is -0.311 e. The fraction of sp³-hybridized carbons (Fsp3) is 0.261. The highest BCUT2D eigenvalue weighted by Gasteiger charge is 2.36. The third-order valence-corrected chi connectivity index (χ3v) is 5.83. The first-order valence-corrected chi connectivity index (χ1v) is 10.2. The van der Waals surface area contributed by atoms with E-state index >= 15 is 0 Å². The number of benzene rings is 2. The van der Waals surface area contributed by atoms with Gasteiger partial charge < -0.3 is 10.2 Å². The van der Waals surface area contributed by atoms with Crippen molar-refractivity contribution in [2.75, 3.05) is 16.8 Å². The summed E-state index contributed by atoms with van der Waals surface area (Å²) < 4.78 is 1.72. The number of hydrogen-bond acceptors (Lipinski definition) is 3. The Labute approximate surface area is 180 Å². The molecular weight excluding hydrogens is 400 g/mol. The van der Waals surface area contributed by atoms with Crippen LogP contribution in [-0.4, -0.2) is 28.1 Å². The van der Waals surface area contributed by atoms with Gasteiger partial charge in [-0.25, -0.2) is 4.68 Å². The summed E-state index contributed by atoms with van der Waals surface area (Å²) in [5.41, 5.74) is 4.09. The Morgan fingerprint density at radius 1 is 1.17 bits per heavy atom. The SMILES string of the molecule is Cc1cccc(N2CC(C(=O)Nc3ccnn3Cc3ccc(Cl)cc3)CC2=O)c1C. The first kappa shape index (κ1) is 20.2. The molecule has 0 spiro atoms. The first-order chi connectivity index (χ1) is 14.4. The van der Waals surface area contributed by atoms with Gasteiger partial charge in [-0.15, -0.1) is 0 Å². The summed E-state index contributed by atoms with van der Waals surface area (Å²) in [7, 11) is 0. The smallest absolute Gasteiger partial charge is 0.230 e. The van der Waals surface area contributed by atoms with Gasteiger partial charge in [0.15, 0.2) is 0 Å². The maximum Gasteiger partial charge on any atom is 0.230 e. The number of aromatic nitrogens is 2. The summed E-state index contributed by atoms with van der Waals surface area (Å²) in [6.07, 6.45) is 1.85. The van der Waals surface area contributed by atoms with Gasteiger partial charge in [0.2, 0.25) is 11.8 Å². The molecule has 1 aromatic heterocycles. The third-order valence-electron chi connectivity index (χ3n) is 5.58. The highest BCUT2D eigenvalue weighted by molar-refractivity contribution is 6.30. The molecule has 30 heavy (non-hydrogen) atoms. The van der Waals surface area contributed by atoms with E-state index < -0.39 is 5.92 Å². The van der Waals surface area contributed by atoms with Crippen LogP contribution in [0.15, 0.2) is 54.7 Å². The van der Waals surface area contributed by atoms with Gasteiger partial charge in [-0.3, -0.25) is 9.59 Å². The van der Waals surface area contributed by atoms with E-state index in [9.17, 15) is 9.59 Å². The van der Waals surface area contributed by atoms with Crippen LogP contribution >= 0.6 is 11.6 Å². The lowest BCUT2D eigenvalue weighted by Crippen LogP contribution is -2.29. The van der Waals surface area contributed by atoms with Crippen molar-refractivity contribution < 1.29 is 9.59 Å². The van der Waals surface area contributed by atoms with Crippen molar-refractivity contribution in [3.05, 3.63) is 76.4 Å². The zero-order valence-corrected chi connectivity index (χ0v) is 17.7. The molecule has 0 aliphatic carbocycles. The predicted molar refractivity (Wildman–Crippen MR) is 118 cm³/mol. The van der Waals surface area contributed by atoms with E-state index in [0.717, 1.165) is 22.4 Å². The summed E-state index contributed by atoms with van der Waals surface area (Å²) in [5.74, 6) is -0.00332. The zero-order chi connectivity index (χ0) is 21.3. The number of amides is 2. The number of carbonyl (C=O) groups excluding carboxylic acids is 2. The molecule has 7 heteroatoms. The molecule has 1 atom stereocenters. The van der Waals surface area contributed by atoms with Crippen molar-refractivity contribution in [3.63, 3.8) is 0 Å². The van der Waals surface area contributed by atoms with Crippen LogP contribution in [0.1, 0.15) is 23.1 Å². The van der Waals surface area contributed by atoms with Crippen LogP contribution in [0.3, 0.4) is 0 Å². The van der Waals surface area contributed by atoms with Crippen molar-refractivity contribution in [1.29, 1.82) is 0 Å². The molecule has 6 nitrogen and oxygen atoms in total. The van der Waals surface area contributed by atoms with Crippen LogP contribution in [0.25, 0.3) is 0 Å². The topological polar surface area (TPSA) is 67.2 Å². The lowest BCUT2D eigenvalue weighted by molar-refractivity contribution is -0.122. The second kappa shape index (κ2) is 8.32. The van der Waals surface area contributed by atoms with Crippen LogP contribution in [0.2, 0.25) is 5.02 Å². The minimum atomic E-state index is -0.406. The van der Waals surface area contributed by atoms with Crippen LogP contribution in [0.4, 0.5) is 11.5 Å². The molecule has 0 bridgehead atoms. The second-order valence-corrected chi connectivity index (χ2v) is 8.05. The van der Waals surface area contributed by atoms with Gasteiger partial charge in [0, 0.05) is 29.7 Å². The van der Waals surface area contributed by atoms with Crippen LogP contribution < -0.4 is 10.2 Å². The molecule has 2 heterocycles. The summed E-state index contributed by atoms with van der Waals surface area (Å²) in [6.45, 7) is 4.91. The zero-order valence-electron chi connectivity index (χ0n) is 16.9. The number of carbonyl (C=O) groups is 2. The molecule has 4 rings (SSSR count). The number of nitrogens with zero attached hydrogens (tertiary/aromatic N) is 3. The molecule has 154 valence electrons. The van der Waals surface area contributed by atoms with E-state index in [2.05, 4.69) is 10.4 Å². The normalized spacial score (nSPS) is 16.2. The lowest BCUT2D eigenvalue weighted by atomic mass is 10.1. The summed E-state index contributed by atoms with van der Waals surface area (Å²) in [6, 6.07) is 15.1. The quantitative estimate of drug-likeness (QED) is 0.670.